The van der Waals surface area contributed by atoms with Gasteiger partial charge in [0, 0.05) is 31.7 Å². The van der Waals surface area contributed by atoms with Gasteiger partial charge in [-0.05, 0) is 44.0 Å². The molecule has 8 nitrogen and oxygen atoms in total. The number of esters is 1. The van der Waals surface area contributed by atoms with E-state index in [9.17, 15) is 14.4 Å². The van der Waals surface area contributed by atoms with E-state index in [1.807, 2.05) is 0 Å². The van der Waals surface area contributed by atoms with Crippen LogP contribution >= 0.6 is 0 Å². The Labute approximate surface area is 170 Å². The molecule has 0 saturated heterocycles. The first kappa shape index (κ1) is 22.0. The van der Waals surface area contributed by atoms with Crippen LogP contribution in [0.5, 0.6) is 0 Å². The van der Waals surface area contributed by atoms with Gasteiger partial charge in [0.15, 0.2) is 0 Å². The van der Waals surface area contributed by atoms with Crippen molar-refractivity contribution >= 4 is 17.8 Å². The van der Waals surface area contributed by atoms with Crippen molar-refractivity contribution in [3.63, 3.8) is 0 Å². The fourth-order valence-electron chi connectivity index (χ4n) is 2.56. The molecule has 0 aliphatic carbocycles. The molecule has 0 aliphatic heterocycles. The molecule has 2 aromatic rings. The monoisotopic (exact) mass is 398 g/mol. The molecule has 0 atom stereocenters. The van der Waals surface area contributed by atoms with E-state index in [0.717, 1.165) is 25.7 Å². The van der Waals surface area contributed by atoms with Crippen molar-refractivity contribution in [1.29, 1.82) is 0 Å². The summed E-state index contributed by atoms with van der Waals surface area (Å²) in [5.74, 6) is -0.847. The molecule has 0 fully saturated rings. The summed E-state index contributed by atoms with van der Waals surface area (Å²) in [7, 11) is 0. The van der Waals surface area contributed by atoms with E-state index in [-0.39, 0.29) is 24.1 Å². The highest BCUT2D eigenvalue weighted by atomic mass is 16.5. The van der Waals surface area contributed by atoms with E-state index in [0.29, 0.717) is 24.2 Å². The standard InChI is InChI=1S/C21H26N4O4/c1-2-29-21(28)18-10-9-17(15-25-18)20(27)24-13-6-4-3-5-12-23-19(26)16-8-7-11-22-14-16/h7-11,14-15H,2-6,12-13H2,1H3,(H,23,26)(H,24,27). The van der Waals surface area contributed by atoms with Crippen LogP contribution in [0.4, 0.5) is 0 Å². The molecule has 0 aromatic carbocycles. The van der Waals surface area contributed by atoms with Crippen molar-refractivity contribution < 1.29 is 19.1 Å². The van der Waals surface area contributed by atoms with E-state index in [1.54, 1.807) is 31.3 Å². The largest absolute Gasteiger partial charge is 0.461 e. The maximum atomic E-state index is 12.1. The Bertz CT molecular complexity index is 794. The number of ether oxygens (including phenoxy) is 1. The Morgan fingerprint density at radius 2 is 1.55 bits per heavy atom. The maximum absolute atomic E-state index is 12.1. The summed E-state index contributed by atoms with van der Waals surface area (Å²) in [6.07, 6.45) is 8.16. The second-order valence-electron chi connectivity index (χ2n) is 6.32. The average molecular weight is 398 g/mol. The van der Waals surface area contributed by atoms with Crippen LogP contribution in [-0.4, -0.2) is 47.4 Å². The van der Waals surface area contributed by atoms with E-state index < -0.39 is 5.97 Å². The molecular formula is C21H26N4O4. The van der Waals surface area contributed by atoms with Gasteiger partial charge in [-0.25, -0.2) is 9.78 Å². The summed E-state index contributed by atoms with van der Waals surface area (Å²) in [4.78, 5) is 43.3. The third-order valence-corrected chi connectivity index (χ3v) is 4.11. The quantitative estimate of drug-likeness (QED) is 0.444. The number of carbonyl (C=O) groups is 3. The first-order chi connectivity index (χ1) is 14.1. The van der Waals surface area contributed by atoms with Crippen molar-refractivity contribution in [1.82, 2.24) is 20.6 Å². The molecule has 0 aliphatic rings. The van der Waals surface area contributed by atoms with Crippen LogP contribution in [0.3, 0.4) is 0 Å². The second kappa shape index (κ2) is 12.2. The lowest BCUT2D eigenvalue weighted by Crippen LogP contribution is -2.25. The van der Waals surface area contributed by atoms with Crippen molar-refractivity contribution in [2.75, 3.05) is 19.7 Å². The Balaban J connectivity index is 1.55. The molecule has 0 spiro atoms. The lowest BCUT2D eigenvalue weighted by molar-refractivity contribution is 0.0519. The molecule has 2 heterocycles. The lowest BCUT2D eigenvalue weighted by atomic mass is 10.2. The van der Waals surface area contributed by atoms with Crippen molar-refractivity contribution in [3.8, 4) is 0 Å². The molecule has 8 heteroatoms. The summed E-state index contributed by atoms with van der Waals surface area (Å²) in [6, 6.07) is 6.49. The first-order valence-electron chi connectivity index (χ1n) is 9.71. The maximum Gasteiger partial charge on any atom is 0.356 e. The number of hydrogen-bond donors (Lipinski definition) is 2. The smallest absolute Gasteiger partial charge is 0.356 e. The highest BCUT2D eigenvalue weighted by molar-refractivity contribution is 5.95. The lowest BCUT2D eigenvalue weighted by Gasteiger charge is -2.07. The Morgan fingerprint density at radius 3 is 2.07 bits per heavy atom. The zero-order valence-electron chi connectivity index (χ0n) is 16.5. The van der Waals surface area contributed by atoms with Crippen LogP contribution in [0.1, 0.15) is 63.8 Å². The summed E-state index contributed by atoms with van der Waals surface area (Å²) in [5.41, 5.74) is 1.13. The van der Waals surface area contributed by atoms with Crippen LogP contribution in [0, 0.1) is 0 Å². The van der Waals surface area contributed by atoms with Crippen LogP contribution in [0.15, 0.2) is 42.9 Å². The minimum absolute atomic E-state index is 0.118. The number of nitrogens with zero attached hydrogens (tertiary/aromatic N) is 2. The van der Waals surface area contributed by atoms with Crippen LogP contribution in [-0.2, 0) is 4.74 Å². The number of pyridine rings is 2. The number of nitrogens with one attached hydrogen (secondary N) is 2. The molecule has 154 valence electrons. The predicted octanol–water partition coefficient (Wildman–Crippen LogP) is 2.37. The van der Waals surface area contributed by atoms with Crippen LogP contribution in [0.25, 0.3) is 0 Å². The highest BCUT2D eigenvalue weighted by Crippen LogP contribution is 2.03. The van der Waals surface area contributed by atoms with Crippen molar-refractivity contribution in [3.05, 3.63) is 59.7 Å². The van der Waals surface area contributed by atoms with Gasteiger partial charge in [0.25, 0.3) is 11.8 Å². The fourth-order valence-corrected chi connectivity index (χ4v) is 2.56. The normalized spacial score (nSPS) is 10.2. The van der Waals surface area contributed by atoms with Crippen molar-refractivity contribution in [2.24, 2.45) is 0 Å². The highest BCUT2D eigenvalue weighted by Gasteiger charge is 2.10. The molecule has 2 amide bonds. The summed E-state index contributed by atoms with van der Waals surface area (Å²) < 4.78 is 4.86. The molecule has 0 radical (unpaired) electrons. The minimum atomic E-state index is -0.504. The van der Waals surface area contributed by atoms with E-state index in [4.69, 9.17) is 4.74 Å². The van der Waals surface area contributed by atoms with Gasteiger partial charge in [0.2, 0.25) is 0 Å². The van der Waals surface area contributed by atoms with Gasteiger partial charge in [-0.3, -0.25) is 14.6 Å². The Hall–Kier alpha value is -3.29. The van der Waals surface area contributed by atoms with E-state index in [1.165, 1.54) is 18.5 Å². The molecular weight excluding hydrogens is 372 g/mol. The minimum Gasteiger partial charge on any atom is -0.461 e. The third-order valence-electron chi connectivity index (χ3n) is 4.11. The topological polar surface area (TPSA) is 110 Å². The number of hydrogen-bond acceptors (Lipinski definition) is 6. The van der Waals surface area contributed by atoms with Gasteiger partial charge in [-0.2, -0.15) is 0 Å². The third kappa shape index (κ3) is 7.69. The number of aromatic nitrogens is 2. The molecule has 0 saturated carbocycles. The van der Waals surface area contributed by atoms with Gasteiger partial charge in [0.1, 0.15) is 5.69 Å². The molecule has 0 bridgehead atoms. The zero-order valence-corrected chi connectivity index (χ0v) is 16.5. The van der Waals surface area contributed by atoms with Gasteiger partial charge in [-0.1, -0.05) is 12.8 Å². The fraction of sp³-hybridized carbons (Fsp3) is 0.381. The number of amides is 2. The average Bonchev–Trinajstić information content (AvgIpc) is 2.76. The molecule has 2 N–H and O–H groups in total. The van der Waals surface area contributed by atoms with E-state index in [2.05, 4.69) is 20.6 Å². The van der Waals surface area contributed by atoms with Gasteiger partial charge in [-0.15, -0.1) is 0 Å². The van der Waals surface area contributed by atoms with Gasteiger partial charge in [0.05, 0.1) is 17.7 Å². The van der Waals surface area contributed by atoms with E-state index >= 15 is 0 Å². The summed E-state index contributed by atoms with van der Waals surface area (Å²) >= 11 is 0. The number of unbranched alkanes of at least 4 members (excludes halogenated alkanes) is 3. The Kier molecular flexibility index (Phi) is 9.28. The number of carbonyl (C=O) groups excluding carboxylic acids is 3. The number of rotatable bonds is 11. The molecule has 2 rings (SSSR count). The second-order valence-corrected chi connectivity index (χ2v) is 6.32. The molecule has 29 heavy (non-hydrogen) atoms. The van der Waals surface area contributed by atoms with Crippen LogP contribution in [0.2, 0.25) is 0 Å². The molecule has 0 unspecified atom stereocenters. The zero-order chi connectivity index (χ0) is 20.9. The van der Waals surface area contributed by atoms with Gasteiger partial charge < -0.3 is 15.4 Å². The SMILES string of the molecule is CCOC(=O)c1ccc(C(=O)NCCCCCCNC(=O)c2cccnc2)cn1. The Morgan fingerprint density at radius 1 is 0.897 bits per heavy atom. The molecule has 2 aromatic heterocycles. The predicted molar refractivity (Wildman–Crippen MR) is 108 cm³/mol. The van der Waals surface area contributed by atoms with Crippen LogP contribution < -0.4 is 10.6 Å². The van der Waals surface area contributed by atoms with Crippen molar-refractivity contribution in [2.45, 2.75) is 32.6 Å². The summed E-state index contributed by atoms with van der Waals surface area (Å²) in [5, 5.41) is 5.69. The van der Waals surface area contributed by atoms with Gasteiger partial charge >= 0.3 is 5.97 Å². The summed E-state index contributed by atoms with van der Waals surface area (Å²) in [6.45, 7) is 3.16. The first-order valence-corrected chi connectivity index (χ1v) is 9.71.